The third-order valence-electron chi connectivity index (χ3n) is 2.36. The van der Waals surface area contributed by atoms with Gasteiger partial charge in [0.1, 0.15) is 17.6 Å². The van der Waals surface area contributed by atoms with Gasteiger partial charge in [0.25, 0.3) is 0 Å². The number of hydrogen-bond acceptors (Lipinski definition) is 3. The van der Waals surface area contributed by atoms with E-state index in [2.05, 4.69) is 0 Å². The van der Waals surface area contributed by atoms with Gasteiger partial charge in [0.15, 0.2) is 0 Å². The minimum absolute atomic E-state index is 0.117. The summed E-state index contributed by atoms with van der Waals surface area (Å²) in [6.07, 6.45) is 0.916. The maximum atomic E-state index is 10.1. The van der Waals surface area contributed by atoms with Crippen molar-refractivity contribution in [1.29, 1.82) is 0 Å². The Morgan fingerprint density at radius 1 is 1.18 bits per heavy atom. The maximum Gasteiger partial charge on any atom is 0.137 e. The first-order chi connectivity index (χ1) is 8.16. The highest BCUT2D eigenvalue weighted by Crippen LogP contribution is 2.25. The smallest absolute Gasteiger partial charge is 0.137 e. The first-order valence-electron chi connectivity index (χ1n) is 5.65. The third-order valence-corrected chi connectivity index (χ3v) is 2.36. The van der Waals surface area contributed by atoms with E-state index >= 15 is 0 Å². The van der Waals surface area contributed by atoms with E-state index in [0.29, 0.717) is 5.76 Å². The van der Waals surface area contributed by atoms with Crippen LogP contribution in [0.1, 0.15) is 31.3 Å². The van der Waals surface area contributed by atoms with Crippen molar-refractivity contribution in [1.82, 2.24) is 0 Å². The fourth-order valence-electron chi connectivity index (χ4n) is 1.64. The highest BCUT2D eigenvalue weighted by molar-refractivity contribution is 5.32. The Bertz CT molecular complexity index is 460. The molecular weight excluding hydrogens is 216 g/mol. The summed E-state index contributed by atoms with van der Waals surface area (Å²) < 4.78 is 10.8. The molecular formula is C14H16O3. The van der Waals surface area contributed by atoms with Gasteiger partial charge in [-0.05, 0) is 43.7 Å². The van der Waals surface area contributed by atoms with E-state index in [0.717, 1.165) is 11.3 Å². The Labute approximate surface area is 101 Å². The average molecular weight is 232 g/mol. The summed E-state index contributed by atoms with van der Waals surface area (Å²) in [5, 5.41) is 10.1. The van der Waals surface area contributed by atoms with Crippen molar-refractivity contribution in [3.05, 3.63) is 54.0 Å². The van der Waals surface area contributed by atoms with Crippen molar-refractivity contribution in [2.24, 2.45) is 0 Å². The third kappa shape index (κ3) is 2.88. The summed E-state index contributed by atoms with van der Waals surface area (Å²) >= 11 is 0. The first kappa shape index (κ1) is 11.7. The molecule has 0 amide bonds. The Morgan fingerprint density at radius 2 is 2.00 bits per heavy atom. The van der Waals surface area contributed by atoms with E-state index < -0.39 is 6.10 Å². The molecule has 0 bridgehead atoms. The van der Waals surface area contributed by atoms with Crippen molar-refractivity contribution in [3.8, 4) is 5.75 Å². The summed E-state index contributed by atoms with van der Waals surface area (Å²) in [4.78, 5) is 0. The van der Waals surface area contributed by atoms with E-state index in [1.807, 2.05) is 38.1 Å². The standard InChI is InChI=1S/C14H16O3/c1-10(2)17-12-6-3-5-11(9-12)14(15)13-7-4-8-16-13/h3-10,14-15H,1-2H3. The molecule has 17 heavy (non-hydrogen) atoms. The molecule has 1 heterocycles. The zero-order valence-corrected chi connectivity index (χ0v) is 9.96. The summed E-state index contributed by atoms with van der Waals surface area (Å²) in [6, 6.07) is 10.9. The molecule has 0 aliphatic heterocycles. The summed E-state index contributed by atoms with van der Waals surface area (Å²) in [7, 11) is 0. The Morgan fingerprint density at radius 3 is 2.65 bits per heavy atom. The van der Waals surface area contributed by atoms with Crippen LogP contribution in [0.3, 0.4) is 0 Å². The van der Waals surface area contributed by atoms with Gasteiger partial charge in [0.2, 0.25) is 0 Å². The van der Waals surface area contributed by atoms with Gasteiger partial charge in [-0.25, -0.2) is 0 Å². The number of aliphatic hydroxyl groups excluding tert-OH is 1. The maximum absolute atomic E-state index is 10.1. The van der Waals surface area contributed by atoms with Crippen LogP contribution in [0.2, 0.25) is 0 Å². The minimum atomic E-state index is -0.749. The quantitative estimate of drug-likeness (QED) is 0.880. The number of aliphatic hydroxyl groups is 1. The average Bonchev–Trinajstić information content (AvgIpc) is 2.81. The highest BCUT2D eigenvalue weighted by Gasteiger charge is 2.13. The SMILES string of the molecule is CC(C)Oc1cccc(C(O)c2ccco2)c1. The van der Waals surface area contributed by atoms with Crippen LogP contribution in [0.15, 0.2) is 47.1 Å². The molecule has 1 atom stereocenters. The number of ether oxygens (including phenoxy) is 1. The molecule has 2 aromatic rings. The van der Waals surface area contributed by atoms with E-state index in [9.17, 15) is 5.11 Å². The van der Waals surface area contributed by atoms with Crippen LogP contribution in [0.5, 0.6) is 5.75 Å². The highest BCUT2D eigenvalue weighted by atomic mass is 16.5. The fourth-order valence-corrected chi connectivity index (χ4v) is 1.64. The molecule has 1 unspecified atom stereocenters. The molecule has 1 N–H and O–H groups in total. The van der Waals surface area contributed by atoms with Crippen LogP contribution in [-0.4, -0.2) is 11.2 Å². The van der Waals surface area contributed by atoms with Crippen molar-refractivity contribution < 1.29 is 14.3 Å². The van der Waals surface area contributed by atoms with Crippen molar-refractivity contribution >= 4 is 0 Å². The van der Waals surface area contributed by atoms with Gasteiger partial charge >= 0.3 is 0 Å². The van der Waals surface area contributed by atoms with Gasteiger partial charge in [0, 0.05) is 0 Å². The predicted octanol–water partition coefficient (Wildman–Crippen LogP) is 3.15. The topological polar surface area (TPSA) is 42.6 Å². The van der Waals surface area contributed by atoms with E-state index in [1.165, 1.54) is 0 Å². The predicted molar refractivity (Wildman–Crippen MR) is 65.0 cm³/mol. The van der Waals surface area contributed by atoms with Crippen LogP contribution in [0.25, 0.3) is 0 Å². The zero-order valence-electron chi connectivity index (χ0n) is 9.96. The summed E-state index contributed by atoms with van der Waals surface area (Å²) in [5.41, 5.74) is 0.762. The number of furan rings is 1. The van der Waals surface area contributed by atoms with E-state index in [1.54, 1.807) is 18.4 Å². The monoisotopic (exact) mass is 232 g/mol. The van der Waals surface area contributed by atoms with Crippen LogP contribution in [0.4, 0.5) is 0 Å². The second-order valence-corrected chi connectivity index (χ2v) is 4.16. The van der Waals surface area contributed by atoms with Gasteiger partial charge in [-0.2, -0.15) is 0 Å². The molecule has 2 rings (SSSR count). The minimum Gasteiger partial charge on any atom is -0.491 e. The van der Waals surface area contributed by atoms with Crippen molar-refractivity contribution in [2.45, 2.75) is 26.1 Å². The lowest BCUT2D eigenvalue weighted by Crippen LogP contribution is -2.06. The Hall–Kier alpha value is -1.74. The second kappa shape index (κ2) is 5.06. The molecule has 0 aliphatic rings. The molecule has 0 fully saturated rings. The van der Waals surface area contributed by atoms with Crippen molar-refractivity contribution in [2.75, 3.05) is 0 Å². The van der Waals surface area contributed by atoms with Gasteiger partial charge in [0.05, 0.1) is 12.4 Å². The molecule has 3 heteroatoms. The second-order valence-electron chi connectivity index (χ2n) is 4.16. The van der Waals surface area contributed by atoms with Gasteiger partial charge in [-0.1, -0.05) is 12.1 Å². The summed E-state index contributed by atoms with van der Waals surface area (Å²) in [6.45, 7) is 3.94. The first-order valence-corrected chi connectivity index (χ1v) is 5.65. The molecule has 0 aliphatic carbocycles. The summed E-state index contributed by atoms with van der Waals surface area (Å²) in [5.74, 6) is 1.29. The Balaban J connectivity index is 2.21. The van der Waals surface area contributed by atoms with Crippen LogP contribution in [-0.2, 0) is 0 Å². The molecule has 1 aromatic heterocycles. The van der Waals surface area contributed by atoms with Gasteiger partial charge < -0.3 is 14.3 Å². The molecule has 3 nitrogen and oxygen atoms in total. The molecule has 1 aromatic carbocycles. The van der Waals surface area contributed by atoms with Gasteiger partial charge in [-0.15, -0.1) is 0 Å². The number of benzene rings is 1. The molecule has 0 spiro atoms. The Kier molecular flexibility index (Phi) is 3.49. The number of rotatable bonds is 4. The van der Waals surface area contributed by atoms with Crippen molar-refractivity contribution in [3.63, 3.8) is 0 Å². The molecule has 0 saturated heterocycles. The normalized spacial score (nSPS) is 12.7. The molecule has 90 valence electrons. The number of hydrogen-bond donors (Lipinski definition) is 1. The zero-order chi connectivity index (χ0) is 12.3. The molecule has 0 saturated carbocycles. The fraction of sp³-hybridized carbons (Fsp3) is 0.286. The van der Waals surface area contributed by atoms with E-state index in [4.69, 9.17) is 9.15 Å². The molecule has 0 radical (unpaired) electrons. The van der Waals surface area contributed by atoms with E-state index in [-0.39, 0.29) is 6.10 Å². The lowest BCUT2D eigenvalue weighted by molar-refractivity contribution is 0.188. The van der Waals surface area contributed by atoms with Crippen LogP contribution in [0, 0.1) is 0 Å². The van der Waals surface area contributed by atoms with Crippen LogP contribution >= 0.6 is 0 Å². The van der Waals surface area contributed by atoms with Crippen LogP contribution < -0.4 is 4.74 Å². The lowest BCUT2D eigenvalue weighted by atomic mass is 10.1. The lowest BCUT2D eigenvalue weighted by Gasteiger charge is -2.13. The van der Waals surface area contributed by atoms with Gasteiger partial charge in [-0.3, -0.25) is 0 Å². The largest absolute Gasteiger partial charge is 0.491 e.